The van der Waals surface area contributed by atoms with E-state index in [-0.39, 0.29) is 22.8 Å². The van der Waals surface area contributed by atoms with Crippen molar-refractivity contribution in [1.82, 2.24) is 0 Å². The molecule has 0 bridgehead atoms. The normalized spacial score (nSPS) is 10.2. The molecule has 0 radical (unpaired) electrons. The zero-order valence-electron chi connectivity index (χ0n) is 8.85. The summed E-state index contributed by atoms with van der Waals surface area (Å²) in [5, 5.41) is 9.28. The summed E-state index contributed by atoms with van der Waals surface area (Å²) in [6.07, 6.45) is 0. The number of benzene rings is 2. The molecule has 0 amide bonds. The fourth-order valence-electron chi connectivity index (χ4n) is 1.54. The average Bonchev–Trinajstić information content (AvgIpc) is 2.28. The van der Waals surface area contributed by atoms with Crippen LogP contribution in [0.2, 0.25) is 0 Å². The minimum atomic E-state index is -0.491. The van der Waals surface area contributed by atoms with Crippen molar-refractivity contribution >= 4 is 11.5 Å². The van der Waals surface area contributed by atoms with E-state index in [9.17, 15) is 14.3 Å². The molecule has 0 spiro atoms. The van der Waals surface area contributed by atoms with Crippen molar-refractivity contribution < 1.29 is 14.3 Å². The summed E-state index contributed by atoms with van der Waals surface area (Å²) in [5.41, 5.74) is 6.18. The lowest BCUT2D eigenvalue weighted by atomic mass is 10.0. The van der Waals surface area contributed by atoms with Gasteiger partial charge in [0.1, 0.15) is 11.6 Å². The molecule has 0 aliphatic carbocycles. The Morgan fingerprint density at radius 3 is 2.59 bits per heavy atom. The molecule has 3 nitrogen and oxygen atoms in total. The maximum atomic E-state index is 12.8. The van der Waals surface area contributed by atoms with Gasteiger partial charge >= 0.3 is 0 Å². The number of anilines is 1. The van der Waals surface area contributed by atoms with Crippen molar-refractivity contribution in [2.24, 2.45) is 0 Å². The summed E-state index contributed by atoms with van der Waals surface area (Å²) >= 11 is 0. The maximum absolute atomic E-state index is 12.8. The number of rotatable bonds is 2. The average molecular weight is 231 g/mol. The van der Waals surface area contributed by atoms with E-state index in [0.717, 1.165) is 6.07 Å². The molecule has 2 rings (SSSR count). The first-order chi connectivity index (χ1) is 8.08. The minimum absolute atomic E-state index is 0.00321. The predicted molar refractivity (Wildman–Crippen MR) is 62.4 cm³/mol. The molecule has 0 heterocycles. The molecule has 2 aromatic rings. The Morgan fingerprint density at radius 2 is 1.94 bits per heavy atom. The van der Waals surface area contributed by atoms with Crippen LogP contribution in [0.25, 0.3) is 0 Å². The summed E-state index contributed by atoms with van der Waals surface area (Å²) in [5.74, 6) is -0.843. The first-order valence-corrected chi connectivity index (χ1v) is 4.96. The number of aromatic hydroxyl groups is 1. The summed E-state index contributed by atoms with van der Waals surface area (Å²) < 4.78 is 12.8. The van der Waals surface area contributed by atoms with Crippen molar-refractivity contribution in [2.75, 3.05) is 5.73 Å². The quantitative estimate of drug-likeness (QED) is 0.616. The highest BCUT2D eigenvalue weighted by Crippen LogP contribution is 2.20. The molecular formula is C13H10FNO2. The lowest BCUT2D eigenvalue weighted by molar-refractivity contribution is 0.103. The molecule has 0 saturated heterocycles. The van der Waals surface area contributed by atoms with Crippen molar-refractivity contribution in [2.45, 2.75) is 0 Å². The third-order valence-electron chi connectivity index (χ3n) is 2.37. The monoisotopic (exact) mass is 231 g/mol. The van der Waals surface area contributed by atoms with Crippen LogP contribution >= 0.6 is 0 Å². The van der Waals surface area contributed by atoms with Gasteiger partial charge in [0.25, 0.3) is 0 Å². The summed E-state index contributed by atoms with van der Waals surface area (Å²) in [6.45, 7) is 0. The Kier molecular flexibility index (Phi) is 2.78. The van der Waals surface area contributed by atoms with E-state index in [0.29, 0.717) is 5.56 Å². The Balaban J connectivity index is 2.44. The van der Waals surface area contributed by atoms with E-state index in [1.807, 2.05) is 0 Å². The van der Waals surface area contributed by atoms with Gasteiger partial charge in [-0.15, -0.1) is 0 Å². The molecule has 0 aliphatic heterocycles. The highest BCUT2D eigenvalue weighted by Gasteiger charge is 2.13. The van der Waals surface area contributed by atoms with Gasteiger partial charge in [0.2, 0.25) is 0 Å². The third kappa shape index (κ3) is 2.25. The van der Waals surface area contributed by atoms with Crippen LogP contribution in [0.3, 0.4) is 0 Å². The van der Waals surface area contributed by atoms with Crippen LogP contribution in [0, 0.1) is 5.82 Å². The fraction of sp³-hybridized carbons (Fsp3) is 0. The van der Waals surface area contributed by atoms with Gasteiger partial charge in [-0.2, -0.15) is 0 Å². The van der Waals surface area contributed by atoms with E-state index in [1.165, 1.54) is 24.3 Å². The molecular weight excluding hydrogens is 221 g/mol. The Bertz CT molecular complexity index is 581. The molecule has 0 unspecified atom stereocenters. The molecule has 0 atom stereocenters. The number of carbonyl (C=O) groups excluding carboxylic acids is 1. The zero-order valence-corrected chi connectivity index (χ0v) is 8.85. The van der Waals surface area contributed by atoms with Crippen LogP contribution in [0.4, 0.5) is 10.1 Å². The van der Waals surface area contributed by atoms with Gasteiger partial charge in [0.05, 0.1) is 0 Å². The first-order valence-electron chi connectivity index (χ1n) is 4.96. The molecule has 3 N–H and O–H groups in total. The standard InChI is InChI=1S/C13H10FNO2/c14-9-4-5-11(12(15)7-9)13(17)8-2-1-3-10(16)6-8/h1-7,16H,15H2. The molecule has 4 heteroatoms. The Hall–Kier alpha value is -2.36. The SMILES string of the molecule is Nc1cc(F)ccc1C(=O)c1cccc(O)c1. The summed E-state index contributed by atoms with van der Waals surface area (Å²) in [4.78, 5) is 12.0. The van der Waals surface area contributed by atoms with E-state index in [1.54, 1.807) is 12.1 Å². The fourth-order valence-corrected chi connectivity index (χ4v) is 1.54. The predicted octanol–water partition coefficient (Wildman–Crippen LogP) is 2.34. The number of phenols is 1. The Labute approximate surface area is 97.3 Å². The van der Waals surface area contributed by atoms with Crippen molar-refractivity contribution in [3.63, 3.8) is 0 Å². The van der Waals surface area contributed by atoms with Gasteiger partial charge in [-0.25, -0.2) is 4.39 Å². The van der Waals surface area contributed by atoms with Crippen molar-refractivity contribution in [3.8, 4) is 5.75 Å². The number of nitrogens with two attached hydrogens (primary N) is 1. The molecule has 17 heavy (non-hydrogen) atoms. The van der Waals surface area contributed by atoms with Crippen LogP contribution in [0.15, 0.2) is 42.5 Å². The van der Waals surface area contributed by atoms with Gasteiger partial charge in [0, 0.05) is 16.8 Å². The van der Waals surface area contributed by atoms with E-state index in [2.05, 4.69) is 0 Å². The summed E-state index contributed by atoms with van der Waals surface area (Å²) in [6, 6.07) is 9.52. The number of carbonyl (C=O) groups is 1. The number of phenolic OH excluding ortho intramolecular Hbond substituents is 1. The molecule has 0 aliphatic rings. The van der Waals surface area contributed by atoms with Gasteiger partial charge in [-0.1, -0.05) is 12.1 Å². The number of halogens is 1. The molecule has 0 saturated carbocycles. The lowest BCUT2D eigenvalue weighted by Crippen LogP contribution is -2.05. The van der Waals surface area contributed by atoms with Crippen LogP contribution in [-0.2, 0) is 0 Å². The van der Waals surface area contributed by atoms with Crippen LogP contribution < -0.4 is 5.73 Å². The second-order valence-electron chi connectivity index (χ2n) is 3.61. The lowest BCUT2D eigenvalue weighted by Gasteiger charge is -2.05. The van der Waals surface area contributed by atoms with Crippen molar-refractivity contribution in [1.29, 1.82) is 0 Å². The van der Waals surface area contributed by atoms with Crippen molar-refractivity contribution in [3.05, 3.63) is 59.4 Å². The number of hydrogen-bond donors (Lipinski definition) is 2. The second kappa shape index (κ2) is 4.25. The molecule has 0 fully saturated rings. The van der Waals surface area contributed by atoms with Gasteiger partial charge in [-0.05, 0) is 30.3 Å². The van der Waals surface area contributed by atoms with E-state index < -0.39 is 5.82 Å². The smallest absolute Gasteiger partial charge is 0.195 e. The number of hydrogen-bond acceptors (Lipinski definition) is 3. The highest BCUT2D eigenvalue weighted by molar-refractivity contribution is 6.12. The first kappa shape index (κ1) is 11.1. The van der Waals surface area contributed by atoms with Crippen LogP contribution in [0.5, 0.6) is 5.75 Å². The molecule has 86 valence electrons. The molecule has 0 aromatic heterocycles. The zero-order chi connectivity index (χ0) is 12.4. The maximum Gasteiger partial charge on any atom is 0.195 e. The number of ketones is 1. The van der Waals surface area contributed by atoms with Crippen LogP contribution in [0.1, 0.15) is 15.9 Å². The second-order valence-corrected chi connectivity index (χ2v) is 3.61. The van der Waals surface area contributed by atoms with Crippen LogP contribution in [-0.4, -0.2) is 10.9 Å². The highest BCUT2D eigenvalue weighted by atomic mass is 19.1. The number of nitrogen functional groups attached to an aromatic ring is 1. The van der Waals surface area contributed by atoms with E-state index >= 15 is 0 Å². The van der Waals surface area contributed by atoms with Gasteiger partial charge < -0.3 is 10.8 Å². The van der Waals surface area contributed by atoms with E-state index in [4.69, 9.17) is 5.73 Å². The minimum Gasteiger partial charge on any atom is -0.508 e. The summed E-state index contributed by atoms with van der Waals surface area (Å²) in [7, 11) is 0. The molecule has 2 aromatic carbocycles. The largest absolute Gasteiger partial charge is 0.508 e. The van der Waals surface area contributed by atoms with Gasteiger partial charge in [0.15, 0.2) is 5.78 Å². The topological polar surface area (TPSA) is 63.3 Å². The third-order valence-corrected chi connectivity index (χ3v) is 2.37. The Morgan fingerprint density at radius 1 is 1.18 bits per heavy atom. The van der Waals surface area contributed by atoms with Gasteiger partial charge in [-0.3, -0.25) is 4.79 Å².